The average Bonchev–Trinajstić information content (AvgIpc) is 2.48. The van der Waals surface area contributed by atoms with Gasteiger partial charge in [0.2, 0.25) is 17.7 Å². The van der Waals surface area contributed by atoms with Gasteiger partial charge in [-0.05, 0) is 19.3 Å². The van der Waals surface area contributed by atoms with E-state index in [4.69, 9.17) is 10.8 Å². The van der Waals surface area contributed by atoms with Crippen LogP contribution in [0.1, 0.15) is 27.2 Å². The molecule has 0 spiro atoms. The Morgan fingerprint density at radius 2 is 1.58 bits per heavy atom. The van der Waals surface area contributed by atoms with E-state index in [0.717, 1.165) is 0 Å². The van der Waals surface area contributed by atoms with Gasteiger partial charge in [-0.3, -0.25) is 19.2 Å². The van der Waals surface area contributed by atoms with Crippen LogP contribution in [0, 0.1) is 5.92 Å². The highest BCUT2D eigenvalue weighted by Gasteiger charge is 2.26. The van der Waals surface area contributed by atoms with Crippen molar-refractivity contribution < 1.29 is 29.4 Å². The van der Waals surface area contributed by atoms with Gasteiger partial charge < -0.3 is 31.9 Å². The Morgan fingerprint density at radius 1 is 1.00 bits per heavy atom. The molecule has 0 aliphatic rings. The van der Waals surface area contributed by atoms with Crippen molar-refractivity contribution in [1.29, 1.82) is 0 Å². The van der Waals surface area contributed by atoms with Crippen molar-refractivity contribution >= 4 is 23.7 Å². The molecule has 0 aromatic rings. The average molecular weight is 346 g/mol. The van der Waals surface area contributed by atoms with Gasteiger partial charge in [0.05, 0.1) is 12.6 Å². The van der Waals surface area contributed by atoms with Crippen LogP contribution in [-0.4, -0.2) is 65.2 Å². The van der Waals surface area contributed by atoms with Gasteiger partial charge in [0, 0.05) is 0 Å². The Labute approximate surface area is 140 Å². The maximum absolute atomic E-state index is 12.0. The van der Waals surface area contributed by atoms with Gasteiger partial charge in [-0.25, -0.2) is 0 Å². The smallest absolute Gasteiger partial charge is 0.322 e. The summed E-state index contributed by atoms with van der Waals surface area (Å²) >= 11 is 0. The second kappa shape index (κ2) is 10.6. The number of carboxylic acid groups (broad SMARTS) is 1. The number of nitrogens with one attached hydrogen (secondary N) is 3. The summed E-state index contributed by atoms with van der Waals surface area (Å²) in [6.45, 7) is 3.87. The molecule has 0 aliphatic carbocycles. The first-order valence-electron chi connectivity index (χ1n) is 7.55. The fourth-order valence-corrected chi connectivity index (χ4v) is 1.78. The first-order valence-corrected chi connectivity index (χ1v) is 7.55. The minimum Gasteiger partial charge on any atom is -0.480 e. The molecule has 0 aliphatic heterocycles. The monoisotopic (exact) mass is 346 g/mol. The van der Waals surface area contributed by atoms with Gasteiger partial charge in [-0.1, -0.05) is 13.8 Å². The molecule has 0 saturated carbocycles. The molecule has 7 N–H and O–H groups in total. The molecule has 3 unspecified atom stereocenters. The molecule has 24 heavy (non-hydrogen) atoms. The molecule has 0 heterocycles. The summed E-state index contributed by atoms with van der Waals surface area (Å²) in [6.07, 6.45) is 0.416. The lowest BCUT2D eigenvalue weighted by Gasteiger charge is -2.21. The molecule has 138 valence electrons. The second-order valence-corrected chi connectivity index (χ2v) is 5.82. The maximum atomic E-state index is 12.0. The highest BCUT2D eigenvalue weighted by Crippen LogP contribution is 2.03. The van der Waals surface area contributed by atoms with E-state index < -0.39 is 55.0 Å². The fourth-order valence-electron chi connectivity index (χ4n) is 1.78. The first-order chi connectivity index (χ1) is 11.1. The summed E-state index contributed by atoms with van der Waals surface area (Å²) in [4.78, 5) is 45.8. The molecule has 0 aromatic heterocycles. The molecule has 10 nitrogen and oxygen atoms in total. The van der Waals surface area contributed by atoms with E-state index in [1.54, 1.807) is 0 Å². The van der Waals surface area contributed by atoms with Crippen LogP contribution < -0.4 is 21.7 Å². The largest absolute Gasteiger partial charge is 0.480 e. The topological polar surface area (TPSA) is 171 Å². The SMILES string of the molecule is CC(C)CC(N)C(=O)NC(CO)C(=O)NC(C)C(=O)NCC(=O)O. The summed E-state index contributed by atoms with van der Waals surface area (Å²) in [5.74, 6) is -3.10. The summed E-state index contributed by atoms with van der Waals surface area (Å²) in [7, 11) is 0. The molecular formula is C14H26N4O6. The molecule has 0 bridgehead atoms. The van der Waals surface area contributed by atoms with Gasteiger partial charge in [-0.2, -0.15) is 0 Å². The Balaban J connectivity index is 4.55. The van der Waals surface area contributed by atoms with Crippen molar-refractivity contribution in [1.82, 2.24) is 16.0 Å². The number of nitrogens with two attached hydrogens (primary N) is 1. The quantitative estimate of drug-likeness (QED) is 0.255. The van der Waals surface area contributed by atoms with Crippen molar-refractivity contribution in [2.24, 2.45) is 11.7 Å². The van der Waals surface area contributed by atoms with E-state index in [1.807, 2.05) is 13.8 Å². The number of hydrogen-bond acceptors (Lipinski definition) is 6. The molecule has 0 saturated heterocycles. The lowest BCUT2D eigenvalue weighted by atomic mass is 10.0. The van der Waals surface area contributed by atoms with Crippen molar-refractivity contribution in [3.63, 3.8) is 0 Å². The lowest BCUT2D eigenvalue weighted by Crippen LogP contribution is -2.56. The second-order valence-electron chi connectivity index (χ2n) is 5.82. The van der Waals surface area contributed by atoms with Crippen molar-refractivity contribution in [3.8, 4) is 0 Å². The summed E-state index contributed by atoms with van der Waals surface area (Å²) in [6, 6.07) is -3.11. The van der Waals surface area contributed by atoms with Crippen LogP contribution >= 0.6 is 0 Å². The normalized spacial score (nSPS) is 14.4. The number of carbonyl (C=O) groups excluding carboxylic acids is 3. The zero-order valence-electron chi connectivity index (χ0n) is 14.0. The van der Waals surface area contributed by atoms with Crippen LogP contribution in [0.25, 0.3) is 0 Å². The molecule has 3 amide bonds. The predicted molar refractivity (Wildman–Crippen MR) is 84.7 cm³/mol. The number of aliphatic carboxylic acids is 1. The Bertz CT molecular complexity index is 468. The number of carboxylic acids is 1. The fraction of sp³-hybridized carbons (Fsp3) is 0.714. The molecule has 0 radical (unpaired) electrons. The van der Waals surface area contributed by atoms with Crippen LogP contribution in [0.15, 0.2) is 0 Å². The number of aliphatic hydroxyl groups is 1. The zero-order chi connectivity index (χ0) is 18.9. The predicted octanol–water partition coefficient (Wildman–Crippen LogP) is -2.46. The third-order valence-corrected chi connectivity index (χ3v) is 3.04. The van der Waals surface area contributed by atoms with Crippen LogP contribution in [0.3, 0.4) is 0 Å². The Kier molecular flexibility index (Phi) is 9.58. The number of hydrogen-bond donors (Lipinski definition) is 6. The van der Waals surface area contributed by atoms with Crippen LogP contribution in [0.4, 0.5) is 0 Å². The number of rotatable bonds is 10. The summed E-state index contributed by atoms with van der Waals surface area (Å²) in [5.41, 5.74) is 5.69. The van der Waals surface area contributed by atoms with Crippen molar-refractivity contribution in [2.45, 2.75) is 45.3 Å². The van der Waals surface area contributed by atoms with Crippen molar-refractivity contribution in [2.75, 3.05) is 13.2 Å². The van der Waals surface area contributed by atoms with Gasteiger partial charge >= 0.3 is 5.97 Å². The van der Waals surface area contributed by atoms with E-state index in [0.29, 0.717) is 6.42 Å². The minimum absolute atomic E-state index is 0.185. The van der Waals surface area contributed by atoms with E-state index in [2.05, 4.69) is 16.0 Å². The number of amides is 3. The van der Waals surface area contributed by atoms with Crippen LogP contribution in [0.2, 0.25) is 0 Å². The standard InChI is InChI=1S/C14H26N4O6/c1-7(2)4-9(15)13(23)18-10(6-19)14(24)17-8(3)12(22)16-5-11(20)21/h7-10,19H,4-6,15H2,1-3H3,(H,16,22)(H,17,24)(H,18,23)(H,20,21). The summed E-state index contributed by atoms with van der Waals surface area (Å²) < 4.78 is 0. The third kappa shape index (κ3) is 8.44. The Hall–Kier alpha value is -2.20. The highest BCUT2D eigenvalue weighted by molar-refractivity contribution is 5.93. The molecule has 0 aromatic carbocycles. The van der Waals surface area contributed by atoms with Gasteiger partial charge in [-0.15, -0.1) is 0 Å². The summed E-state index contributed by atoms with van der Waals surface area (Å²) in [5, 5.41) is 24.4. The van der Waals surface area contributed by atoms with Gasteiger partial charge in [0.15, 0.2) is 0 Å². The van der Waals surface area contributed by atoms with E-state index in [9.17, 15) is 24.3 Å². The van der Waals surface area contributed by atoms with E-state index in [-0.39, 0.29) is 5.92 Å². The Morgan fingerprint density at radius 3 is 2.04 bits per heavy atom. The maximum Gasteiger partial charge on any atom is 0.322 e. The van der Waals surface area contributed by atoms with E-state index in [1.165, 1.54) is 6.92 Å². The van der Waals surface area contributed by atoms with Crippen LogP contribution in [-0.2, 0) is 19.2 Å². The third-order valence-electron chi connectivity index (χ3n) is 3.04. The minimum atomic E-state index is -1.26. The van der Waals surface area contributed by atoms with Gasteiger partial charge in [0.25, 0.3) is 0 Å². The molecular weight excluding hydrogens is 320 g/mol. The lowest BCUT2D eigenvalue weighted by molar-refractivity contribution is -0.138. The van der Waals surface area contributed by atoms with Crippen molar-refractivity contribution in [3.05, 3.63) is 0 Å². The number of carbonyl (C=O) groups is 4. The number of aliphatic hydroxyl groups excluding tert-OH is 1. The first kappa shape index (κ1) is 21.8. The van der Waals surface area contributed by atoms with Crippen LogP contribution in [0.5, 0.6) is 0 Å². The highest BCUT2D eigenvalue weighted by atomic mass is 16.4. The molecule has 10 heteroatoms. The van der Waals surface area contributed by atoms with E-state index >= 15 is 0 Å². The molecule has 3 atom stereocenters. The zero-order valence-corrected chi connectivity index (χ0v) is 14.0. The van der Waals surface area contributed by atoms with Gasteiger partial charge in [0.1, 0.15) is 18.6 Å². The molecule has 0 rings (SSSR count). The molecule has 0 fully saturated rings.